The minimum absolute atomic E-state index is 0.0264. The predicted octanol–water partition coefficient (Wildman–Crippen LogP) is 1.29. The van der Waals surface area contributed by atoms with Crippen LogP contribution >= 0.6 is 19.4 Å². The van der Waals surface area contributed by atoms with Gasteiger partial charge in [-0.05, 0) is 18.2 Å². The van der Waals surface area contributed by atoms with E-state index in [1.165, 1.54) is 23.9 Å². The highest BCUT2D eigenvalue weighted by Crippen LogP contribution is 2.35. The summed E-state index contributed by atoms with van der Waals surface area (Å²) in [4.78, 5) is 54.4. The Balaban J connectivity index is 1.85. The van der Waals surface area contributed by atoms with Gasteiger partial charge in [0.2, 0.25) is 5.62 Å². The smallest absolute Gasteiger partial charge is 0.303 e. The number of phosphoric ester groups is 1. The average molecular weight is 643 g/mol. The van der Waals surface area contributed by atoms with Crippen molar-refractivity contribution in [3.63, 3.8) is 0 Å². The lowest BCUT2D eigenvalue weighted by molar-refractivity contribution is 0.142. The molecule has 43 heavy (non-hydrogen) atoms. The minimum atomic E-state index is -5.23. The summed E-state index contributed by atoms with van der Waals surface area (Å²) in [5.41, 5.74) is -3.23. The van der Waals surface area contributed by atoms with Crippen LogP contribution in [0, 0.1) is 17.5 Å². The summed E-state index contributed by atoms with van der Waals surface area (Å²) in [6.07, 6.45) is 1.29. The zero-order chi connectivity index (χ0) is 32.1. The maximum atomic E-state index is 14.8. The second-order valence-electron chi connectivity index (χ2n) is 9.10. The van der Waals surface area contributed by atoms with Crippen LogP contribution in [0.3, 0.4) is 0 Å². The van der Waals surface area contributed by atoms with E-state index in [4.69, 9.17) is 13.0 Å². The highest BCUT2D eigenvalue weighted by Gasteiger charge is 2.22. The van der Waals surface area contributed by atoms with E-state index in [2.05, 4.69) is 24.7 Å². The lowest BCUT2D eigenvalue weighted by atomic mass is 10.2. The molecular formula is C23H20ClF3N9O6P. The first-order valence-electron chi connectivity index (χ1n) is 12.4. The van der Waals surface area contributed by atoms with Gasteiger partial charge in [0.1, 0.15) is 20.2 Å². The van der Waals surface area contributed by atoms with Gasteiger partial charge in [-0.1, -0.05) is 11.6 Å². The zero-order valence-electron chi connectivity index (χ0n) is 23.0. The molecular weight excluding hydrogens is 622 g/mol. The molecule has 2 aromatic carbocycles. The van der Waals surface area contributed by atoms with E-state index in [1.54, 1.807) is 13.2 Å². The van der Waals surface area contributed by atoms with Crippen molar-refractivity contribution in [2.75, 3.05) is 0 Å². The quantitative estimate of drug-likeness (QED) is 0.187. The van der Waals surface area contributed by atoms with Gasteiger partial charge in [0, 0.05) is 37.3 Å². The number of fused-ring (bicyclic) bond motifs is 1. The molecule has 3 aromatic heterocycles. The Bertz CT molecular complexity index is 2170. The van der Waals surface area contributed by atoms with E-state index in [0.717, 1.165) is 4.68 Å². The van der Waals surface area contributed by atoms with Crippen molar-refractivity contribution in [3.8, 4) is 0 Å². The normalized spacial score (nSPS) is 12.8. The van der Waals surface area contributed by atoms with Gasteiger partial charge < -0.3 is 9.79 Å². The summed E-state index contributed by atoms with van der Waals surface area (Å²) in [5.74, 6) is -4.37. The van der Waals surface area contributed by atoms with Crippen molar-refractivity contribution < 1.29 is 33.4 Å². The van der Waals surface area contributed by atoms with Gasteiger partial charge in [-0.25, -0.2) is 46.4 Å². The second kappa shape index (κ2) is 11.4. The van der Waals surface area contributed by atoms with E-state index >= 15 is 0 Å². The van der Waals surface area contributed by atoms with Gasteiger partial charge in [0.05, 0.1) is 29.3 Å². The van der Waals surface area contributed by atoms with Gasteiger partial charge in [-0.2, -0.15) is 10.2 Å². The Labute approximate surface area is 244 Å². The number of phosphoric acid groups is 1. The van der Waals surface area contributed by atoms with Crippen molar-refractivity contribution in [1.29, 1.82) is 0 Å². The van der Waals surface area contributed by atoms with Crippen molar-refractivity contribution in [1.82, 2.24) is 38.2 Å². The van der Waals surface area contributed by atoms with Crippen LogP contribution in [0.2, 0.25) is 5.02 Å². The highest BCUT2D eigenvalue weighted by atomic mass is 35.5. The van der Waals surface area contributed by atoms with Crippen LogP contribution in [0.15, 0.2) is 51.3 Å². The third-order valence-electron chi connectivity index (χ3n) is 5.98. The molecule has 0 fully saturated rings. The maximum Gasteiger partial charge on any atom is 0.471 e. The Morgan fingerprint density at radius 3 is 2.35 bits per heavy atom. The van der Waals surface area contributed by atoms with E-state index in [-0.39, 0.29) is 28.9 Å². The Morgan fingerprint density at radius 2 is 1.67 bits per heavy atom. The summed E-state index contributed by atoms with van der Waals surface area (Å²) >= 11 is 6.41. The molecule has 226 valence electrons. The molecule has 3 heterocycles. The van der Waals surface area contributed by atoms with Crippen LogP contribution < -0.4 is 17.0 Å². The molecule has 0 unspecified atom stereocenters. The van der Waals surface area contributed by atoms with Crippen LogP contribution in [0.25, 0.3) is 10.9 Å². The van der Waals surface area contributed by atoms with E-state index < -0.39 is 67.7 Å². The average Bonchev–Trinajstić information content (AvgIpc) is 3.45. The van der Waals surface area contributed by atoms with Crippen LogP contribution in [0.5, 0.6) is 0 Å². The summed E-state index contributed by atoms with van der Waals surface area (Å²) in [6.45, 7) is -2.71. The highest BCUT2D eigenvalue weighted by molar-refractivity contribution is 7.46. The SMILES string of the molecule is [2H]c1nc(Cn2c(=O)n(COP(=O)(O)O)c(=Nc3cc4cn(C)nc4cc3Cl)n(Cc3cc(F)c(F)cc3F)c2=O)nn1C. The third-order valence-corrected chi connectivity index (χ3v) is 6.73. The summed E-state index contributed by atoms with van der Waals surface area (Å²) in [7, 11) is -2.21. The molecule has 0 bridgehead atoms. The molecule has 0 amide bonds. The molecule has 0 aliphatic rings. The van der Waals surface area contributed by atoms with E-state index in [1.807, 2.05) is 0 Å². The van der Waals surface area contributed by atoms with Crippen molar-refractivity contribution in [2.24, 2.45) is 19.1 Å². The van der Waals surface area contributed by atoms with Crippen LogP contribution in [-0.2, 0) is 43.0 Å². The first kappa shape index (κ1) is 28.8. The monoisotopic (exact) mass is 642 g/mol. The number of rotatable bonds is 8. The molecule has 5 aromatic rings. The molecule has 0 saturated carbocycles. The first-order chi connectivity index (χ1) is 20.6. The Hall–Kier alpha value is -4.35. The molecule has 0 saturated heterocycles. The number of aromatic nitrogens is 8. The number of benzene rings is 2. The lowest BCUT2D eigenvalue weighted by Gasteiger charge is -2.17. The van der Waals surface area contributed by atoms with Gasteiger partial charge in [0.25, 0.3) is 0 Å². The topological polar surface area (TPSA) is 177 Å². The number of halogens is 4. The molecule has 5 rings (SSSR count). The molecule has 0 spiro atoms. The van der Waals surface area contributed by atoms with Crippen molar-refractivity contribution >= 4 is 36.0 Å². The molecule has 0 aliphatic carbocycles. The zero-order valence-corrected chi connectivity index (χ0v) is 23.7. The third kappa shape index (κ3) is 6.37. The Kier molecular flexibility index (Phi) is 7.61. The molecule has 2 N–H and O–H groups in total. The minimum Gasteiger partial charge on any atom is -0.303 e. The second-order valence-corrected chi connectivity index (χ2v) is 10.7. The molecule has 0 aliphatic heterocycles. The summed E-state index contributed by atoms with van der Waals surface area (Å²) in [6, 6.07) is 3.61. The Morgan fingerprint density at radius 1 is 0.977 bits per heavy atom. The standard InChI is InChI=1S/C23H20ClF3N9O6P/c1-32-7-13-4-19(14(24)5-18(13)30-32)29-21-34(8-12-3-16(26)17(27)6-15(12)25)22(37)35(9-20-28-10-33(2)31-20)23(38)36(21)11-42-43(39,40)41/h3-7,10H,8-9,11H2,1-2H3,(H2,39,40,41)/i10D. The molecule has 20 heteroatoms. The first-order valence-corrected chi connectivity index (χ1v) is 13.8. The number of aryl methyl sites for hydroxylation is 2. The van der Waals surface area contributed by atoms with Crippen molar-refractivity contribution in [3.05, 3.63) is 97.2 Å². The largest absolute Gasteiger partial charge is 0.471 e. The number of hydrogen-bond acceptors (Lipinski definition) is 8. The number of nitrogens with zero attached hydrogens (tertiary/aromatic N) is 9. The van der Waals surface area contributed by atoms with Crippen molar-refractivity contribution in [2.45, 2.75) is 19.8 Å². The molecule has 15 nitrogen and oxygen atoms in total. The van der Waals surface area contributed by atoms with E-state index in [9.17, 15) is 37.1 Å². The molecule has 0 radical (unpaired) electrons. The fraction of sp³-hybridized carbons (Fsp3) is 0.217. The van der Waals surface area contributed by atoms with E-state index in [0.29, 0.717) is 30.7 Å². The fourth-order valence-electron chi connectivity index (χ4n) is 4.09. The van der Waals surface area contributed by atoms with Gasteiger partial charge >= 0.3 is 19.2 Å². The summed E-state index contributed by atoms with van der Waals surface area (Å²) < 4.78 is 70.8. The maximum absolute atomic E-state index is 14.8. The lowest BCUT2D eigenvalue weighted by Crippen LogP contribution is -2.55. The predicted molar refractivity (Wildman–Crippen MR) is 143 cm³/mol. The van der Waals surface area contributed by atoms with Gasteiger partial charge in [-0.15, -0.1) is 0 Å². The van der Waals surface area contributed by atoms with Crippen LogP contribution in [-0.4, -0.2) is 48.0 Å². The van der Waals surface area contributed by atoms with Gasteiger partial charge in [0.15, 0.2) is 17.5 Å². The summed E-state index contributed by atoms with van der Waals surface area (Å²) in [5, 5.41) is 8.64. The van der Waals surface area contributed by atoms with Crippen LogP contribution in [0.4, 0.5) is 18.9 Å². The number of hydrogen-bond donors (Lipinski definition) is 2. The van der Waals surface area contributed by atoms with Gasteiger partial charge in [-0.3, -0.25) is 18.5 Å². The molecule has 0 atom stereocenters. The fourth-order valence-corrected chi connectivity index (χ4v) is 4.56. The van der Waals surface area contributed by atoms with Crippen LogP contribution in [0.1, 0.15) is 12.8 Å².